The highest BCUT2D eigenvalue weighted by Crippen LogP contribution is 2.09. The molecule has 0 unspecified atom stereocenters. The number of carbonyl (C=O) groups is 2. The quantitative estimate of drug-likeness (QED) is 0.626. The van der Waals surface area contributed by atoms with Crippen LogP contribution in [0.3, 0.4) is 0 Å². The van der Waals surface area contributed by atoms with Gasteiger partial charge in [-0.15, -0.1) is 0 Å². The molecule has 0 aliphatic heterocycles. The summed E-state index contributed by atoms with van der Waals surface area (Å²) in [5.74, 6) is -1.54. The van der Waals surface area contributed by atoms with Crippen molar-refractivity contribution < 1.29 is 19.4 Å². The van der Waals surface area contributed by atoms with Crippen LogP contribution in [0.1, 0.15) is 10.5 Å². The van der Waals surface area contributed by atoms with E-state index in [1.807, 2.05) is 0 Å². The zero-order valence-electron chi connectivity index (χ0n) is 6.72. The predicted molar refractivity (Wildman–Crippen MR) is 41.4 cm³/mol. The van der Waals surface area contributed by atoms with Gasteiger partial charge in [0.25, 0.3) is 0 Å². The van der Waals surface area contributed by atoms with Crippen LogP contribution in [-0.4, -0.2) is 33.8 Å². The van der Waals surface area contributed by atoms with Crippen molar-refractivity contribution in [1.82, 2.24) is 9.55 Å². The molecule has 0 fully saturated rings. The Morgan fingerprint density at radius 2 is 2.31 bits per heavy atom. The topological polar surface area (TPSA) is 107 Å². The summed E-state index contributed by atoms with van der Waals surface area (Å²) >= 11 is 0. The average Bonchev–Trinajstić information content (AvgIpc) is 2.46. The molecule has 1 heterocycles. The minimum atomic E-state index is -1.29. The molecule has 1 aromatic heterocycles. The number of anilines is 1. The molecule has 7 heteroatoms. The number of aromatic nitrogens is 2. The van der Waals surface area contributed by atoms with Crippen LogP contribution in [-0.2, 0) is 4.74 Å². The van der Waals surface area contributed by atoms with Gasteiger partial charge in [-0.05, 0) is 0 Å². The standard InChI is InChI=1S/C6H7N3O4/c1-13-6(12)9-2-8-3(4(9)7)5(10)11/h2H,7H2,1H3,(H,10,11). The first-order chi connectivity index (χ1) is 6.07. The predicted octanol–water partition coefficient (Wildman–Crippen LogP) is -0.222. The number of hydrogen-bond donors (Lipinski definition) is 2. The molecule has 13 heavy (non-hydrogen) atoms. The molecule has 0 amide bonds. The van der Waals surface area contributed by atoms with E-state index in [2.05, 4.69) is 9.72 Å². The Morgan fingerprint density at radius 3 is 2.69 bits per heavy atom. The minimum Gasteiger partial charge on any atom is -0.476 e. The van der Waals surface area contributed by atoms with Crippen LogP contribution < -0.4 is 5.73 Å². The van der Waals surface area contributed by atoms with Gasteiger partial charge in [-0.1, -0.05) is 0 Å². The van der Waals surface area contributed by atoms with Gasteiger partial charge in [0.05, 0.1) is 7.11 Å². The van der Waals surface area contributed by atoms with E-state index in [-0.39, 0.29) is 11.5 Å². The van der Waals surface area contributed by atoms with Crippen molar-refractivity contribution >= 4 is 17.9 Å². The molecular weight excluding hydrogens is 178 g/mol. The fourth-order valence-corrected chi connectivity index (χ4v) is 0.767. The fourth-order valence-electron chi connectivity index (χ4n) is 0.767. The normalized spacial score (nSPS) is 9.62. The number of hydrogen-bond acceptors (Lipinski definition) is 5. The van der Waals surface area contributed by atoms with Gasteiger partial charge in [-0.3, -0.25) is 0 Å². The van der Waals surface area contributed by atoms with Crippen LogP contribution in [0, 0.1) is 0 Å². The number of nitrogen functional groups attached to an aromatic ring is 1. The average molecular weight is 185 g/mol. The maximum Gasteiger partial charge on any atom is 0.420 e. The van der Waals surface area contributed by atoms with Gasteiger partial charge in [0, 0.05) is 0 Å². The molecule has 0 spiro atoms. The lowest BCUT2D eigenvalue weighted by Gasteiger charge is -1.99. The molecule has 0 saturated heterocycles. The number of carboxylic acids is 1. The molecule has 0 aromatic carbocycles. The largest absolute Gasteiger partial charge is 0.476 e. The summed E-state index contributed by atoms with van der Waals surface area (Å²) in [6, 6.07) is 0. The molecule has 0 aliphatic carbocycles. The molecule has 1 rings (SSSR count). The summed E-state index contributed by atoms with van der Waals surface area (Å²) in [4.78, 5) is 24.8. The van der Waals surface area contributed by atoms with Gasteiger partial charge in [0.15, 0.2) is 5.69 Å². The van der Waals surface area contributed by atoms with E-state index < -0.39 is 12.1 Å². The van der Waals surface area contributed by atoms with E-state index in [9.17, 15) is 9.59 Å². The monoisotopic (exact) mass is 185 g/mol. The van der Waals surface area contributed by atoms with Crippen LogP contribution >= 0.6 is 0 Å². The van der Waals surface area contributed by atoms with Crippen molar-refractivity contribution in [3.8, 4) is 0 Å². The number of imidazole rings is 1. The summed E-state index contributed by atoms with van der Waals surface area (Å²) in [6.07, 6.45) is 0.211. The van der Waals surface area contributed by atoms with Gasteiger partial charge in [0.2, 0.25) is 0 Å². The molecule has 0 atom stereocenters. The molecule has 3 N–H and O–H groups in total. The van der Waals surface area contributed by atoms with Crippen LogP contribution in [0.4, 0.5) is 10.6 Å². The number of methoxy groups -OCH3 is 1. The van der Waals surface area contributed by atoms with Crippen LogP contribution in [0.25, 0.3) is 0 Å². The second-order valence-corrected chi connectivity index (χ2v) is 2.12. The highest BCUT2D eigenvalue weighted by atomic mass is 16.5. The number of nitrogens with two attached hydrogens (primary N) is 1. The molecule has 70 valence electrons. The van der Waals surface area contributed by atoms with Crippen molar-refractivity contribution in [2.24, 2.45) is 0 Å². The molecule has 7 nitrogen and oxygen atoms in total. The van der Waals surface area contributed by atoms with Gasteiger partial charge in [-0.2, -0.15) is 0 Å². The van der Waals surface area contributed by atoms with E-state index >= 15 is 0 Å². The first kappa shape index (κ1) is 9.04. The lowest BCUT2D eigenvalue weighted by molar-refractivity contribution is 0.0692. The number of carboxylic acid groups (broad SMARTS) is 1. The third-order valence-corrected chi connectivity index (χ3v) is 1.38. The Kier molecular flexibility index (Phi) is 2.18. The van der Waals surface area contributed by atoms with Gasteiger partial charge in [-0.25, -0.2) is 19.1 Å². The van der Waals surface area contributed by atoms with Crippen LogP contribution in [0.2, 0.25) is 0 Å². The molecule has 0 saturated carbocycles. The smallest absolute Gasteiger partial charge is 0.420 e. The molecule has 1 aromatic rings. The summed E-state index contributed by atoms with van der Waals surface area (Å²) in [6.45, 7) is 0. The summed E-state index contributed by atoms with van der Waals surface area (Å²) in [7, 11) is 1.15. The van der Waals surface area contributed by atoms with E-state index in [4.69, 9.17) is 10.8 Å². The Balaban J connectivity index is 3.13. The zero-order chi connectivity index (χ0) is 10.0. The first-order valence-electron chi connectivity index (χ1n) is 3.22. The molecular formula is C6H7N3O4. The zero-order valence-corrected chi connectivity index (χ0v) is 6.72. The lowest BCUT2D eigenvalue weighted by atomic mass is 10.4. The van der Waals surface area contributed by atoms with Crippen molar-refractivity contribution in [2.45, 2.75) is 0 Å². The number of rotatable bonds is 1. The maximum atomic E-state index is 10.9. The Labute approximate surface area is 72.7 Å². The van der Waals surface area contributed by atoms with Crippen molar-refractivity contribution in [3.63, 3.8) is 0 Å². The second kappa shape index (κ2) is 3.13. The van der Waals surface area contributed by atoms with Crippen molar-refractivity contribution in [3.05, 3.63) is 12.0 Å². The van der Waals surface area contributed by atoms with E-state index in [1.54, 1.807) is 0 Å². The Hall–Kier alpha value is -2.05. The second-order valence-electron chi connectivity index (χ2n) is 2.12. The number of carbonyl (C=O) groups excluding carboxylic acids is 1. The SMILES string of the molecule is COC(=O)n1cnc(C(=O)O)c1N. The molecule has 0 radical (unpaired) electrons. The van der Waals surface area contributed by atoms with E-state index in [1.165, 1.54) is 0 Å². The molecule has 0 aliphatic rings. The summed E-state index contributed by atoms with van der Waals surface area (Å²) in [5, 5.41) is 8.53. The van der Waals surface area contributed by atoms with E-state index in [0.717, 1.165) is 18.0 Å². The number of ether oxygens (including phenoxy) is 1. The van der Waals surface area contributed by atoms with E-state index in [0.29, 0.717) is 0 Å². The van der Waals surface area contributed by atoms with Crippen LogP contribution in [0.5, 0.6) is 0 Å². The maximum absolute atomic E-state index is 10.9. The van der Waals surface area contributed by atoms with Crippen LogP contribution in [0.15, 0.2) is 6.33 Å². The summed E-state index contributed by atoms with van der Waals surface area (Å²) < 4.78 is 5.13. The molecule has 0 bridgehead atoms. The fraction of sp³-hybridized carbons (Fsp3) is 0.167. The first-order valence-corrected chi connectivity index (χ1v) is 3.22. The van der Waals surface area contributed by atoms with Gasteiger partial charge in [0.1, 0.15) is 12.1 Å². The summed E-state index contributed by atoms with van der Waals surface area (Å²) in [5.41, 5.74) is 4.93. The Morgan fingerprint density at radius 1 is 1.69 bits per heavy atom. The number of nitrogens with zero attached hydrogens (tertiary/aromatic N) is 2. The van der Waals surface area contributed by atoms with Crippen molar-refractivity contribution in [2.75, 3.05) is 12.8 Å². The highest BCUT2D eigenvalue weighted by Gasteiger charge is 2.18. The van der Waals surface area contributed by atoms with Gasteiger partial charge >= 0.3 is 12.1 Å². The highest BCUT2D eigenvalue weighted by molar-refractivity contribution is 5.92. The van der Waals surface area contributed by atoms with Gasteiger partial charge < -0.3 is 15.6 Å². The lowest BCUT2D eigenvalue weighted by Crippen LogP contribution is -2.14. The Bertz CT molecular complexity index is 357. The van der Waals surface area contributed by atoms with Crippen molar-refractivity contribution in [1.29, 1.82) is 0 Å². The number of aromatic carboxylic acids is 1. The third kappa shape index (κ3) is 1.43. The minimum absolute atomic E-state index is 0.251. The third-order valence-electron chi connectivity index (χ3n) is 1.38.